The molecular formula is C18H24ClN3O2. The third kappa shape index (κ3) is 6.26. The average molecular weight is 350 g/mol. The van der Waals surface area contributed by atoms with Crippen LogP contribution < -0.4 is 10.6 Å². The van der Waals surface area contributed by atoms with Crippen molar-refractivity contribution >= 4 is 17.6 Å². The lowest BCUT2D eigenvalue weighted by molar-refractivity contribution is 0.208. The van der Waals surface area contributed by atoms with Gasteiger partial charge in [0.1, 0.15) is 5.76 Å². The third-order valence-electron chi connectivity index (χ3n) is 3.51. The van der Waals surface area contributed by atoms with Crippen LogP contribution >= 0.6 is 11.6 Å². The van der Waals surface area contributed by atoms with Gasteiger partial charge in [-0.3, -0.25) is 4.99 Å². The van der Waals surface area contributed by atoms with Crippen LogP contribution in [0.5, 0.6) is 0 Å². The van der Waals surface area contributed by atoms with E-state index in [0.29, 0.717) is 13.2 Å². The number of guanidine groups is 1. The van der Waals surface area contributed by atoms with Crippen molar-refractivity contribution in [2.75, 3.05) is 26.8 Å². The second-order valence-corrected chi connectivity index (χ2v) is 5.84. The van der Waals surface area contributed by atoms with Crippen LogP contribution in [0.1, 0.15) is 24.3 Å². The van der Waals surface area contributed by atoms with E-state index >= 15 is 0 Å². The Morgan fingerprint density at radius 1 is 1.33 bits per heavy atom. The van der Waals surface area contributed by atoms with E-state index in [2.05, 4.69) is 22.5 Å². The molecule has 1 aromatic carbocycles. The van der Waals surface area contributed by atoms with Crippen molar-refractivity contribution in [2.24, 2.45) is 4.99 Å². The van der Waals surface area contributed by atoms with Crippen molar-refractivity contribution in [3.63, 3.8) is 0 Å². The number of aliphatic imine (C=N–C) groups is 1. The Hall–Kier alpha value is -1.98. The molecule has 2 aromatic rings. The van der Waals surface area contributed by atoms with Crippen LogP contribution in [0.15, 0.2) is 52.1 Å². The van der Waals surface area contributed by atoms with E-state index in [1.807, 2.05) is 36.4 Å². The predicted octanol–water partition coefficient (Wildman–Crippen LogP) is 3.42. The summed E-state index contributed by atoms with van der Waals surface area (Å²) in [4.78, 5) is 4.53. The number of halogens is 1. The molecule has 6 heteroatoms. The summed E-state index contributed by atoms with van der Waals surface area (Å²) in [6.07, 6.45) is 2.48. The lowest BCUT2D eigenvalue weighted by Crippen LogP contribution is -2.40. The summed E-state index contributed by atoms with van der Waals surface area (Å²) in [5, 5.41) is 7.44. The number of ether oxygens (including phenoxy) is 1. The molecule has 0 saturated heterocycles. The normalized spacial score (nSPS) is 12.9. The molecule has 1 aromatic heterocycles. The van der Waals surface area contributed by atoms with Gasteiger partial charge in [-0.05, 0) is 36.8 Å². The van der Waals surface area contributed by atoms with Gasteiger partial charge in [0, 0.05) is 25.1 Å². The van der Waals surface area contributed by atoms with Crippen molar-refractivity contribution in [1.29, 1.82) is 0 Å². The minimum Gasteiger partial charge on any atom is -0.469 e. The topological polar surface area (TPSA) is 58.8 Å². The van der Waals surface area contributed by atoms with Crippen LogP contribution in [-0.4, -0.2) is 32.8 Å². The van der Waals surface area contributed by atoms with Crippen LogP contribution in [0.3, 0.4) is 0 Å². The van der Waals surface area contributed by atoms with Gasteiger partial charge in [-0.15, -0.1) is 0 Å². The quantitative estimate of drug-likeness (QED) is 0.435. The maximum absolute atomic E-state index is 6.07. The first-order chi connectivity index (χ1) is 11.7. The van der Waals surface area contributed by atoms with Gasteiger partial charge in [-0.2, -0.15) is 0 Å². The fourth-order valence-electron chi connectivity index (χ4n) is 2.22. The number of nitrogens with one attached hydrogen (secondary N) is 2. The van der Waals surface area contributed by atoms with E-state index in [9.17, 15) is 0 Å². The molecule has 0 radical (unpaired) electrons. The van der Waals surface area contributed by atoms with Crippen LogP contribution in [0.4, 0.5) is 0 Å². The zero-order chi connectivity index (χ0) is 17.2. The van der Waals surface area contributed by atoms with Gasteiger partial charge in [0.25, 0.3) is 0 Å². The molecule has 130 valence electrons. The Bertz CT molecular complexity index is 629. The first-order valence-corrected chi connectivity index (χ1v) is 8.38. The van der Waals surface area contributed by atoms with Gasteiger partial charge in [0.05, 0.1) is 25.5 Å². The third-order valence-corrected chi connectivity index (χ3v) is 3.75. The molecule has 0 bridgehead atoms. The Balaban J connectivity index is 1.92. The molecule has 1 heterocycles. The van der Waals surface area contributed by atoms with E-state index in [1.54, 1.807) is 13.4 Å². The van der Waals surface area contributed by atoms with Gasteiger partial charge < -0.3 is 19.8 Å². The molecule has 0 aliphatic heterocycles. The van der Waals surface area contributed by atoms with Crippen LogP contribution in [0, 0.1) is 0 Å². The molecule has 24 heavy (non-hydrogen) atoms. The summed E-state index contributed by atoms with van der Waals surface area (Å²) >= 11 is 6.07. The second-order valence-electron chi connectivity index (χ2n) is 5.40. The van der Waals surface area contributed by atoms with Crippen LogP contribution in [0.25, 0.3) is 0 Å². The molecule has 1 unspecified atom stereocenters. The van der Waals surface area contributed by atoms with Crippen LogP contribution in [-0.2, 0) is 11.2 Å². The number of rotatable bonds is 8. The predicted molar refractivity (Wildman–Crippen MR) is 97.6 cm³/mol. The molecule has 5 nitrogen and oxygen atoms in total. The average Bonchev–Trinajstić information content (AvgIpc) is 3.08. The van der Waals surface area contributed by atoms with Gasteiger partial charge >= 0.3 is 0 Å². The lowest BCUT2D eigenvalue weighted by atomic mass is 10.1. The Morgan fingerprint density at radius 2 is 2.21 bits per heavy atom. The number of nitrogens with zero attached hydrogens (tertiary/aromatic N) is 1. The zero-order valence-electron chi connectivity index (χ0n) is 14.1. The van der Waals surface area contributed by atoms with Crippen molar-refractivity contribution in [3.8, 4) is 0 Å². The summed E-state index contributed by atoms with van der Waals surface area (Å²) in [6, 6.07) is 11.7. The highest BCUT2D eigenvalue weighted by Gasteiger charge is 2.08. The van der Waals surface area contributed by atoms with Crippen molar-refractivity contribution < 1.29 is 9.15 Å². The molecular weight excluding hydrogens is 326 g/mol. The van der Waals surface area contributed by atoms with E-state index in [0.717, 1.165) is 35.3 Å². The number of benzene rings is 1. The Labute approximate surface area is 148 Å². The summed E-state index contributed by atoms with van der Waals surface area (Å²) in [7, 11) is 1.67. The highest BCUT2D eigenvalue weighted by Crippen LogP contribution is 2.17. The highest BCUT2D eigenvalue weighted by molar-refractivity contribution is 6.30. The summed E-state index contributed by atoms with van der Waals surface area (Å²) in [5.41, 5.74) is 1.11. The zero-order valence-corrected chi connectivity index (χ0v) is 14.8. The number of furan rings is 1. The van der Waals surface area contributed by atoms with Gasteiger partial charge in [0.15, 0.2) is 5.96 Å². The highest BCUT2D eigenvalue weighted by atomic mass is 35.5. The molecule has 0 saturated carbocycles. The second kappa shape index (κ2) is 10.0. The van der Waals surface area contributed by atoms with Crippen molar-refractivity contribution in [2.45, 2.75) is 19.4 Å². The fraction of sp³-hybridized carbons (Fsp3) is 0.389. The minimum absolute atomic E-state index is 0.0844. The number of hydrogen-bond donors (Lipinski definition) is 2. The van der Waals surface area contributed by atoms with Gasteiger partial charge in [0.2, 0.25) is 0 Å². The molecule has 0 amide bonds. The first kappa shape index (κ1) is 18.4. The summed E-state index contributed by atoms with van der Waals surface area (Å²) < 4.78 is 10.4. The van der Waals surface area contributed by atoms with Gasteiger partial charge in [-0.25, -0.2) is 0 Å². The van der Waals surface area contributed by atoms with E-state index in [1.165, 1.54) is 0 Å². The fourth-order valence-corrected chi connectivity index (χ4v) is 2.42. The summed E-state index contributed by atoms with van der Waals surface area (Å²) in [5.74, 6) is 1.69. The van der Waals surface area contributed by atoms with Gasteiger partial charge in [-0.1, -0.05) is 23.7 Å². The van der Waals surface area contributed by atoms with E-state index < -0.39 is 0 Å². The molecule has 0 aliphatic rings. The number of methoxy groups -OCH3 is 1. The molecule has 0 fully saturated rings. The van der Waals surface area contributed by atoms with Crippen molar-refractivity contribution in [1.82, 2.24) is 10.6 Å². The largest absolute Gasteiger partial charge is 0.469 e. The lowest BCUT2D eigenvalue weighted by Gasteiger charge is -2.19. The van der Waals surface area contributed by atoms with Crippen molar-refractivity contribution in [3.05, 3.63) is 59.0 Å². The number of hydrogen-bond acceptors (Lipinski definition) is 3. The molecule has 1 atom stereocenters. The maximum atomic E-state index is 6.07. The molecule has 0 aliphatic carbocycles. The molecule has 2 rings (SSSR count). The maximum Gasteiger partial charge on any atom is 0.191 e. The monoisotopic (exact) mass is 349 g/mol. The Morgan fingerprint density at radius 3 is 2.92 bits per heavy atom. The summed E-state index contributed by atoms with van der Waals surface area (Å²) in [6.45, 7) is 3.98. The Kier molecular flexibility index (Phi) is 7.65. The van der Waals surface area contributed by atoms with Crippen LogP contribution in [0.2, 0.25) is 5.02 Å². The minimum atomic E-state index is 0.0844. The smallest absolute Gasteiger partial charge is 0.191 e. The molecule has 0 spiro atoms. The first-order valence-electron chi connectivity index (χ1n) is 8.00. The SMILES string of the molecule is COCCN=C(NCCc1ccco1)NC(C)c1cccc(Cl)c1. The molecule has 2 N–H and O–H groups in total. The van der Waals surface area contributed by atoms with E-state index in [-0.39, 0.29) is 6.04 Å². The standard InChI is InChI=1S/C18H24ClN3O2/c1-14(15-5-3-6-16(19)13-15)22-18(21-10-12-23-2)20-9-8-17-7-4-11-24-17/h3-7,11,13-14H,8-10,12H2,1-2H3,(H2,20,21,22). The van der Waals surface area contributed by atoms with E-state index in [4.69, 9.17) is 20.8 Å².